The molecule has 174 valence electrons. The third-order valence-corrected chi connectivity index (χ3v) is 5.31. The van der Waals surface area contributed by atoms with Crippen LogP contribution < -0.4 is 14.8 Å². The molecular weight excluding hydrogens is 425 g/mol. The lowest BCUT2D eigenvalue weighted by atomic mass is 10.0. The smallest absolute Gasteiger partial charge is 0.411 e. The minimum absolute atomic E-state index is 0.117. The third kappa shape index (κ3) is 6.29. The Hall–Kier alpha value is -2.94. The van der Waals surface area contributed by atoms with Crippen LogP contribution in [0.2, 0.25) is 0 Å². The molecule has 1 fully saturated rings. The molecule has 1 atom stereocenters. The molecule has 1 heterocycles. The highest BCUT2D eigenvalue weighted by molar-refractivity contribution is 5.75. The van der Waals surface area contributed by atoms with Gasteiger partial charge in [-0.15, -0.1) is 0 Å². The number of carbonyl (C=O) groups is 1. The summed E-state index contributed by atoms with van der Waals surface area (Å²) in [4.78, 5) is 14.7. The number of halogens is 3. The van der Waals surface area contributed by atoms with E-state index in [1.165, 1.54) is 0 Å². The number of hydrogen-bond acceptors (Lipinski definition) is 4. The zero-order chi connectivity index (χ0) is 23.1. The van der Waals surface area contributed by atoms with Crippen LogP contribution in [0, 0.1) is 0 Å². The van der Waals surface area contributed by atoms with Crippen molar-refractivity contribution in [3.05, 3.63) is 59.2 Å². The van der Waals surface area contributed by atoms with Gasteiger partial charge in [-0.3, -0.25) is 0 Å². The molecule has 1 saturated heterocycles. The zero-order valence-electron chi connectivity index (χ0n) is 18.1. The first-order valence-corrected chi connectivity index (χ1v) is 10.3. The lowest BCUT2D eigenvalue weighted by Gasteiger charge is -2.27. The Morgan fingerprint density at radius 2 is 1.81 bits per heavy atom. The molecule has 2 aromatic carbocycles. The van der Waals surface area contributed by atoms with Crippen molar-refractivity contribution in [2.45, 2.75) is 38.2 Å². The molecule has 0 aromatic heterocycles. The summed E-state index contributed by atoms with van der Waals surface area (Å²) in [5, 5.41) is 2.92. The monoisotopic (exact) mass is 452 g/mol. The van der Waals surface area contributed by atoms with E-state index in [1.54, 1.807) is 43.4 Å². The SMILES string of the molecule is COc1ccc(OC)c(C2CCCN2C(=O)NCc2ccc(COCC(F)(F)F)cc2)c1. The van der Waals surface area contributed by atoms with Crippen molar-refractivity contribution in [2.24, 2.45) is 0 Å². The van der Waals surface area contributed by atoms with E-state index >= 15 is 0 Å². The fraction of sp³-hybridized carbons (Fsp3) is 0.435. The van der Waals surface area contributed by atoms with Crippen LogP contribution in [-0.2, 0) is 17.9 Å². The normalized spacial score (nSPS) is 16.2. The van der Waals surface area contributed by atoms with Crippen LogP contribution in [0.15, 0.2) is 42.5 Å². The fourth-order valence-electron chi connectivity index (χ4n) is 3.75. The van der Waals surface area contributed by atoms with Crippen molar-refractivity contribution in [2.75, 3.05) is 27.4 Å². The van der Waals surface area contributed by atoms with E-state index in [-0.39, 0.29) is 18.7 Å². The lowest BCUT2D eigenvalue weighted by Crippen LogP contribution is -2.39. The van der Waals surface area contributed by atoms with Gasteiger partial charge in [-0.25, -0.2) is 4.79 Å². The Morgan fingerprint density at radius 1 is 1.09 bits per heavy atom. The lowest BCUT2D eigenvalue weighted by molar-refractivity contribution is -0.176. The second kappa shape index (κ2) is 10.6. The summed E-state index contributed by atoms with van der Waals surface area (Å²) in [6.45, 7) is -0.461. The van der Waals surface area contributed by atoms with Gasteiger partial charge in [0.25, 0.3) is 0 Å². The van der Waals surface area contributed by atoms with Crippen molar-refractivity contribution in [3.8, 4) is 11.5 Å². The first-order chi connectivity index (χ1) is 15.3. The number of carbonyl (C=O) groups excluding carboxylic acids is 1. The van der Waals surface area contributed by atoms with Gasteiger partial charge in [0.1, 0.15) is 18.1 Å². The van der Waals surface area contributed by atoms with Crippen LogP contribution in [0.1, 0.15) is 35.6 Å². The van der Waals surface area contributed by atoms with Crippen LogP contribution >= 0.6 is 0 Å². The summed E-state index contributed by atoms with van der Waals surface area (Å²) in [6, 6.07) is 12.2. The van der Waals surface area contributed by atoms with E-state index < -0.39 is 12.8 Å². The molecule has 1 aliphatic heterocycles. The van der Waals surface area contributed by atoms with E-state index in [1.807, 2.05) is 18.2 Å². The first kappa shape index (κ1) is 23.7. The molecule has 6 nitrogen and oxygen atoms in total. The van der Waals surface area contributed by atoms with Crippen LogP contribution in [0.3, 0.4) is 0 Å². The summed E-state index contributed by atoms with van der Waals surface area (Å²) >= 11 is 0. The Kier molecular flexibility index (Phi) is 7.84. The quantitative estimate of drug-likeness (QED) is 0.623. The molecule has 1 N–H and O–H groups in total. The van der Waals surface area contributed by atoms with Gasteiger partial charge in [0.15, 0.2) is 0 Å². The van der Waals surface area contributed by atoms with Crippen molar-refractivity contribution in [1.29, 1.82) is 0 Å². The first-order valence-electron chi connectivity index (χ1n) is 10.3. The molecule has 9 heteroatoms. The number of rotatable bonds is 8. The molecule has 0 saturated carbocycles. The summed E-state index contributed by atoms with van der Waals surface area (Å²) in [7, 11) is 3.20. The van der Waals surface area contributed by atoms with Gasteiger partial charge in [0, 0.05) is 18.7 Å². The number of ether oxygens (including phenoxy) is 3. The van der Waals surface area contributed by atoms with Crippen molar-refractivity contribution >= 4 is 6.03 Å². The summed E-state index contributed by atoms with van der Waals surface area (Å²) < 4.78 is 52.0. The van der Waals surface area contributed by atoms with Crippen LogP contribution in [0.25, 0.3) is 0 Å². The topological polar surface area (TPSA) is 60.0 Å². The van der Waals surface area contributed by atoms with Gasteiger partial charge in [-0.2, -0.15) is 13.2 Å². The number of likely N-dealkylation sites (tertiary alicyclic amines) is 1. The number of nitrogens with one attached hydrogen (secondary N) is 1. The standard InChI is InChI=1S/C23H27F3N2O4/c1-30-18-9-10-21(31-2)19(12-18)20-4-3-11-28(20)22(29)27-13-16-5-7-17(8-6-16)14-32-15-23(24,25)26/h5-10,12,20H,3-4,11,13-15H2,1-2H3,(H,27,29). The van der Waals surface area contributed by atoms with Crippen molar-refractivity contribution in [3.63, 3.8) is 0 Å². The van der Waals surface area contributed by atoms with Crippen molar-refractivity contribution < 1.29 is 32.2 Å². The minimum atomic E-state index is -4.34. The van der Waals surface area contributed by atoms with Gasteiger partial charge in [-0.05, 0) is 42.2 Å². The number of nitrogens with zero attached hydrogens (tertiary/aromatic N) is 1. The van der Waals surface area contributed by atoms with Crippen LogP contribution in [0.4, 0.5) is 18.0 Å². The number of benzene rings is 2. The average Bonchev–Trinajstić information content (AvgIpc) is 3.27. The molecule has 1 unspecified atom stereocenters. The number of hydrogen-bond donors (Lipinski definition) is 1. The molecule has 0 radical (unpaired) electrons. The maximum absolute atomic E-state index is 12.9. The highest BCUT2D eigenvalue weighted by Gasteiger charge is 2.32. The van der Waals surface area contributed by atoms with Gasteiger partial charge in [0.2, 0.25) is 0 Å². The number of alkyl halides is 3. The molecule has 32 heavy (non-hydrogen) atoms. The second-order valence-corrected chi connectivity index (χ2v) is 7.54. The predicted octanol–water partition coefficient (Wildman–Crippen LogP) is 4.83. The summed E-state index contributed by atoms with van der Waals surface area (Å²) in [6.07, 6.45) is -2.64. The average molecular weight is 452 g/mol. The highest BCUT2D eigenvalue weighted by Crippen LogP contribution is 2.38. The Labute approximate surface area is 185 Å². The summed E-state index contributed by atoms with van der Waals surface area (Å²) in [5.74, 6) is 1.41. The molecule has 0 bridgehead atoms. The van der Waals surface area contributed by atoms with Gasteiger partial charge in [-0.1, -0.05) is 24.3 Å². The highest BCUT2D eigenvalue weighted by atomic mass is 19.4. The molecule has 0 aliphatic carbocycles. The number of methoxy groups -OCH3 is 2. The fourth-order valence-corrected chi connectivity index (χ4v) is 3.75. The molecule has 3 rings (SSSR count). The van der Waals surface area contributed by atoms with E-state index in [0.29, 0.717) is 30.2 Å². The Morgan fingerprint density at radius 3 is 2.47 bits per heavy atom. The van der Waals surface area contributed by atoms with Crippen LogP contribution in [-0.4, -0.2) is 44.5 Å². The number of amides is 2. The van der Waals surface area contributed by atoms with E-state index in [9.17, 15) is 18.0 Å². The molecule has 2 amide bonds. The Bertz CT molecular complexity index is 903. The van der Waals surface area contributed by atoms with Gasteiger partial charge in [0.05, 0.1) is 26.9 Å². The zero-order valence-corrected chi connectivity index (χ0v) is 18.1. The maximum atomic E-state index is 12.9. The number of urea groups is 1. The minimum Gasteiger partial charge on any atom is -0.497 e. The van der Waals surface area contributed by atoms with E-state index in [4.69, 9.17) is 9.47 Å². The van der Waals surface area contributed by atoms with Gasteiger partial charge < -0.3 is 24.4 Å². The molecule has 2 aromatic rings. The maximum Gasteiger partial charge on any atom is 0.411 e. The van der Waals surface area contributed by atoms with E-state index in [2.05, 4.69) is 10.1 Å². The van der Waals surface area contributed by atoms with Crippen LogP contribution in [0.5, 0.6) is 11.5 Å². The predicted molar refractivity (Wildman–Crippen MR) is 113 cm³/mol. The second-order valence-electron chi connectivity index (χ2n) is 7.54. The van der Waals surface area contributed by atoms with Gasteiger partial charge >= 0.3 is 12.2 Å². The van der Waals surface area contributed by atoms with E-state index in [0.717, 1.165) is 24.0 Å². The third-order valence-electron chi connectivity index (χ3n) is 5.31. The molecular formula is C23H27F3N2O4. The van der Waals surface area contributed by atoms with Crippen molar-refractivity contribution in [1.82, 2.24) is 10.2 Å². The molecule has 0 spiro atoms. The largest absolute Gasteiger partial charge is 0.497 e. The Balaban J connectivity index is 1.58. The summed E-state index contributed by atoms with van der Waals surface area (Å²) in [5.41, 5.74) is 2.38. The molecule has 1 aliphatic rings.